The Kier molecular flexibility index (Phi) is 4.28. The summed E-state index contributed by atoms with van der Waals surface area (Å²) in [5, 5.41) is 11.2. The van der Waals surface area contributed by atoms with Gasteiger partial charge in [0.15, 0.2) is 0 Å². The Labute approximate surface area is 95.5 Å². The van der Waals surface area contributed by atoms with Crippen LogP contribution in [0.1, 0.15) is 13.8 Å². The van der Waals surface area contributed by atoms with Crippen LogP contribution in [0.25, 0.3) is 0 Å². The molecule has 0 radical (unpaired) electrons. The molecule has 0 saturated heterocycles. The zero-order valence-corrected chi connectivity index (χ0v) is 9.27. The molecule has 0 bridgehead atoms. The fraction of sp³-hybridized carbons (Fsp3) is 0.500. The number of hydrogen-bond acceptors (Lipinski definition) is 3. The number of nitrogens with zero attached hydrogens (tertiary/aromatic N) is 1. The van der Waals surface area contributed by atoms with Crippen molar-refractivity contribution in [3.05, 3.63) is 23.5 Å². The maximum atomic E-state index is 13.2. The summed E-state index contributed by atoms with van der Waals surface area (Å²) in [5.41, 5.74) is -0.956. The molecule has 1 aromatic heterocycles. The van der Waals surface area contributed by atoms with Crippen molar-refractivity contribution in [2.24, 2.45) is 5.92 Å². The van der Waals surface area contributed by atoms with Crippen molar-refractivity contribution >= 4 is 5.69 Å². The van der Waals surface area contributed by atoms with Crippen LogP contribution in [0.3, 0.4) is 0 Å². The molecule has 0 amide bonds. The fourth-order valence-corrected chi connectivity index (χ4v) is 1.22. The Bertz CT molecular complexity index is 386. The molecule has 1 aromatic rings. The van der Waals surface area contributed by atoms with Gasteiger partial charge in [-0.1, -0.05) is 13.8 Å². The first-order valence-electron chi connectivity index (χ1n) is 4.95. The summed E-state index contributed by atoms with van der Waals surface area (Å²) in [6.07, 6.45) is 0. The number of hydrogen-bond donors (Lipinski definition) is 2. The zero-order chi connectivity index (χ0) is 13.2. The van der Waals surface area contributed by atoms with Gasteiger partial charge in [-0.3, -0.25) is 0 Å². The van der Waals surface area contributed by atoms with Crippen LogP contribution in [0.5, 0.6) is 0 Å². The van der Waals surface area contributed by atoms with E-state index in [1.165, 1.54) is 0 Å². The molecule has 0 aliphatic heterocycles. The molecule has 2 N–H and O–H groups in total. The van der Waals surface area contributed by atoms with E-state index >= 15 is 0 Å². The molecule has 0 aliphatic rings. The second kappa shape index (κ2) is 5.31. The molecule has 0 fully saturated rings. The highest BCUT2D eigenvalue weighted by atomic mass is 19.2. The topological polar surface area (TPSA) is 45.1 Å². The predicted octanol–water partition coefficient (Wildman–Crippen LogP) is 2.07. The standard InChI is InChI=1S/C10H12F4N2O/c1-4(2)5(3-17)15-8-6(11)9(13)16-10(14)7(8)12/h4-5,17H,3H2,1-2H3,(H,15,16)/t5-/m1/s1. The molecule has 96 valence electrons. The minimum atomic E-state index is -1.73. The number of aliphatic hydroxyl groups excluding tert-OH is 1. The van der Waals surface area contributed by atoms with Gasteiger partial charge in [0.25, 0.3) is 11.9 Å². The van der Waals surface area contributed by atoms with E-state index in [0.717, 1.165) is 0 Å². The molecule has 0 saturated carbocycles. The Morgan fingerprint density at radius 1 is 1.12 bits per heavy atom. The Morgan fingerprint density at radius 3 is 1.94 bits per heavy atom. The summed E-state index contributed by atoms with van der Waals surface area (Å²) in [6.45, 7) is 2.93. The van der Waals surface area contributed by atoms with Gasteiger partial charge < -0.3 is 10.4 Å². The minimum absolute atomic E-state index is 0.182. The van der Waals surface area contributed by atoms with Gasteiger partial charge in [-0.2, -0.15) is 22.5 Å². The number of rotatable bonds is 4. The lowest BCUT2D eigenvalue weighted by molar-refractivity contribution is 0.248. The molecule has 1 atom stereocenters. The van der Waals surface area contributed by atoms with E-state index < -0.39 is 41.9 Å². The van der Waals surface area contributed by atoms with Gasteiger partial charge in [-0.05, 0) is 5.92 Å². The monoisotopic (exact) mass is 252 g/mol. The van der Waals surface area contributed by atoms with Crippen molar-refractivity contribution in [2.75, 3.05) is 11.9 Å². The van der Waals surface area contributed by atoms with Crippen LogP contribution in [-0.2, 0) is 0 Å². The van der Waals surface area contributed by atoms with E-state index in [2.05, 4.69) is 10.3 Å². The molecule has 7 heteroatoms. The largest absolute Gasteiger partial charge is 0.394 e. The van der Waals surface area contributed by atoms with Crippen LogP contribution in [0, 0.1) is 29.4 Å². The van der Waals surface area contributed by atoms with Gasteiger partial charge in [0.05, 0.1) is 12.6 Å². The molecular formula is C10H12F4N2O. The molecule has 17 heavy (non-hydrogen) atoms. The lowest BCUT2D eigenvalue weighted by Crippen LogP contribution is -2.30. The van der Waals surface area contributed by atoms with E-state index in [1.54, 1.807) is 13.8 Å². The first kappa shape index (κ1) is 13.7. The zero-order valence-electron chi connectivity index (χ0n) is 9.27. The average Bonchev–Trinajstić information content (AvgIpc) is 2.26. The van der Waals surface area contributed by atoms with Crippen LogP contribution in [-0.4, -0.2) is 22.7 Å². The SMILES string of the molecule is CC(C)[C@@H](CO)Nc1c(F)c(F)nc(F)c1F. The van der Waals surface area contributed by atoms with Crippen LogP contribution in [0.4, 0.5) is 23.2 Å². The maximum Gasteiger partial charge on any atom is 0.253 e. The van der Waals surface area contributed by atoms with E-state index in [9.17, 15) is 17.6 Å². The Balaban J connectivity index is 3.13. The molecule has 0 aliphatic carbocycles. The summed E-state index contributed by atoms with van der Waals surface area (Å²) >= 11 is 0. The van der Waals surface area contributed by atoms with Crippen molar-refractivity contribution < 1.29 is 22.7 Å². The van der Waals surface area contributed by atoms with Crippen LogP contribution < -0.4 is 5.32 Å². The van der Waals surface area contributed by atoms with E-state index in [-0.39, 0.29) is 5.92 Å². The number of halogens is 4. The normalized spacial score (nSPS) is 12.9. The molecule has 0 aromatic carbocycles. The maximum absolute atomic E-state index is 13.2. The van der Waals surface area contributed by atoms with Gasteiger partial charge in [0, 0.05) is 0 Å². The summed E-state index contributed by atoms with van der Waals surface area (Å²) in [6, 6.07) is -0.722. The third-order valence-electron chi connectivity index (χ3n) is 2.33. The summed E-state index contributed by atoms with van der Waals surface area (Å²) in [7, 11) is 0. The third kappa shape index (κ3) is 2.85. The van der Waals surface area contributed by atoms with Crippen molar-refractivity contribution in [1.29, 1.82) is 0 Å². The lowest BCUT2D eigenvalue weighted by Gasteiger charge is -2.21. The molecule has 3 nitrogen and oxygen atoms in total. The number of aliphatic hydroxyl groups is 1. The quantitative estimate of drug-likeness (QED) is 0.637. The van der Waals surface area contributed by atoms with E-state index in [0.29, 0.717) is 0 Å². The first-order valence-corrected chi connectivity index (χ1v) is 4.95. The third-order valence-corrected chi connectivity index (χ3v) is 2.33. The summed E-state index contributed by atoms with van der Waals surface area (Å²) in [4.78, 5) is 2.43. The van der Waals surface area contributed by atoms with Crippen molar-refractivity contribution in [3.63, 3.8) is 0 Å². The highest BCUT2D eigenvalue weighted by Crippen LogP contribution is 2.23. The first-order chi connectivity index (χ1) is 7.88. The summed E-state index contributed by atoms with van der Waals surface area (Å²) in [5.74, 6) is -6.86. The van der Waals surface area contributed by atoms with Gasteiger partial charge in [0.1, 0.15) is 5.69 Å². The molecule has 0 spiro atoms. The van der Waals surface area contributed by atoms with Crippen molar-refractivity contribution in [1.82, 2.24) is 4.98 Å². The number of nitrogens with one attached hydrogen (secondary N) is 1. The number of pyridine rings is 1. The minimum Gasteiger partial charge on any atom is -0.394 e. The van der Waals surface area contributed by atoms with Gasteiger partial charge >= 0.3 is 0 Å². The van der Waals surface area contributed by atoms with E-state index in [1.807, 2.05) is 0 Å². The second-order valence-electron chi connectivity index (χ2n) is 3.87. The van der Waals surface area contributed by atoms with Crippen LogP contribution >= 0.6 is 0 Å². The number of anilines is 1. The smallest absolute Gasteiger partial charge is 0.253 e. The second-order valence-corrected chi connectivity index (χ2v) is 3.87. The van der Waals surface area contributed by atoms with Gasteiger partial charge in [-0.25, -0.2) is 0 Å². The van der Waals surface area contributed by atoms with Crippen molar-refractivity contribution in [3.8, 4) is 0 Å². The summed E-state index contributed by atoms with van der Waals surface area (Å²) < 4.78 is 52.0. The van der Waals surface area contributed by atoms with Crippen molar-refractivity contribution in [2.45, 2.75) is 19.9 Å². The van der Waals surface area contributed by atoms with E-state index in [4.69, 9.17) is 5.11 Å². The predicted molar refractivity (Wildman–Crippen MR) is 53.4 cm³/mol. The fourth-order valence-electron chi connectivity index (χ4n) is 1.22. The number of aromatic nitrogens is 1. The molecule has 1 heterocycles. The highest BCUT2D eigenvalue weighted by molar-refractivity contribution is 5.46. The van der Waals surface area contributed by atoms with Gasteiger partial charge in [0.2, 0.25) is 11.6 Å². The molecule has 1 rings (SSSR count). The molecule has 0 unspecified atom stereocenters. The van der Waals surface area contributed by atoms with Crippen LogP contribution in [0.2, 0.25) is 0 Å². The Morgan fingerprint density at radius 2 is 1.59 bits per heavy atom. The lowest BCUT2D eigenvalue weighted by atomic mass is 10.1. The van der Waals surface area contributed by atoms with Crippen LogP contribution in [0.15, 0.2) is 0 Å². The average molecular weight is 252 g/mol. The highest BCUT2D eigenvalue weighted by Gasteiger charge is 2.23. The molecular weight excluding hydrogens is 240 g/mol. The van der Waals surface area contributed by atoms with Gasteiger partial charge in [-0.15, -0.1) is 0 Å². The Hall–Kier alpha value is -1.37.